The first kappa shape index (κ1) is 22.2. The molecule has 5 aliphatic rings. The maximum Gasteiger partial charge on any atom is 0.251 e. The Bertz CT molecular complexity index is 951. The fourth-order valence-corrected chi connectivity index (χ4v) is 8.68. The molecule has 0 aromatic heterocycles. The number of benzene rings is 1. The second kappa shape index (κ2) is 8.29. The fourth-order valence-electron chi connectivity index (χ4n) is 7.09. The van der Waals surface area contributed by atoms with Crippen LogP contribution in [0.5, 0.6) is 5.75 Å². The number of hydrogen-bond acceptors (Lipinski definition) is 5. The average molecular weight is 463 g/mol. The maximum absolute atomic E-state index is 13.3. The lowest BCUT2D eigenvalue weighted by molar-refractivity contribution is -0.0688. The summed E-state index contributed by atoms with van der Waals surface area (Å²) in [5.41, 5.74) is 0.550. The van der Waals surface area contributed by atoms with Gasteiger partial charge in [0.25, 0.3) is 5.91 Å². The third-order valence-electron chi connectivity index (χ3n) is 8.37. The van der Waals surface area contributed by atoms with Crippen molar-refractivity contribution in [2.75, 3.05) is 33.4 Å². The highest BCUT2D eigenvalue weighted by Gasteiger charge is 2.53. The summed E-state index contributed by atoms with van der Waals surface area (Å²) in [6.45, 7) is 3.46. The normalized spacial score (nSPS) is 33.1. The van der Waals surface area contributed by atoms with Crippen molar-refractivity contribution >= 4 is 15.9 Å². The van der Waals surface area contributed by atoms with Gasteiger partial charge in [-0.15, -0.1) is 0 Å². The number of rotatable bonds is 6. The van der Waals surface area contributed by atoms with Crippen LogP contribution in [0.4, 0.5) is 0 Å². The van der Waals surface area contributed by atoms with E-state index < -0.39 is 10.0 Å². The fraction of sp³-hybridized carbons (Fsp3) is 0.708. The summed E-state index contributed by atoms with van der Waals surface area (Å²) in [5, 5.41) is 3.24. The van der Waals surface area contributed by atoms with E-state index in [0.717, 1.165) is 17.8 Å². The first-order chi connectivity index (χ1) is 15.3. The second-order valence-corrected chi connectivity index (χ2v) is 12.3. The first-order valence-corrected chi connectivity index (χ1v) is 13.3. The van der Waals surface area contributed by atoms with Gasteiger partial charge in [-0.3, -0.25) is 4.79 Å². The topological polar surface area (TPSA) is 84.9 Å². The van der Waals surface area contributed by atoms with Crippen LogP contribution in [0.15, 0.2) is 23.1 Å². The van der Waals surface area contributed by atoms with E-state index in [4.69, 9.17) is 9.47 Å². The van der Waals surface area contributed by atoms with E-state index in [9.17, 15) is 13.2 Å². The molecule has 32 heavy (non-hydrogen) atoms. The Kier molecular flexibility index (Phi) is 5.75. The van der Waals surface area contributed by atoms with Crippen LogP contribution in [-0.4, -0.2) is 58.1 Å². The molecule has 176 valence electrons. The lowest BCUT2D eigenvalue weighted by atomic mass is 9.48. The van der Waals surface area contributed by atoms with E-state index in [1.54, 1.807) is 12.1 Å². The monoisotopic (exact) mass is 462 g/mol. The van der Waals surface area contributed by atoms with Crippen LogP contribution in [0.2, 0.25) is 0 Å². The van der Waals surface area contributed by atoms with Crippen molar-refractivity contribution < 1.29 is 22.7 Å². The lowest BCUT2D eigenvalue weighted by Gasteiger charge is -2.59. The molecule has 6 rings (SSSR count). The highest BCUT2D eigenvalue weighted by atomic mass is 32.2. The quantitative estimate of drug-likeness (QED) is 0.702. The Hall–Kier alpha value is -1.64. The zero-order chi connectivity index (χ0) is 22.5. The molecule has 4 saturated carbocycles. The van der Waals surface area contributed by atoms with Crippen molar-refractivity contribution in [1.29, 1.82) is 0 Å². The summed E-state index contributed by atoms with van der Waals surface area (Å²) in [5.74, 6) is 2.47. The van der Waals surface area contributed by atoms with Crippen LogP contribution in [0.1, 0.15) is 55.8 Å². The van der Waals surface area contributed by atoms with Gasteiger partial charge in [-0.1, -0.05) is 0 Å². The van der Waals surface area contributed by atoms with Gasteiger partial charge in [0.2, 0.25) is 10.0 Å². The van der Waals surface area contributed by atoms with Crippen molar-refractivity contribution in [2.24, 2.45) is 23.2 Å². The van der Waals surface area contributed by atoms with E-state index in [1.165, 1.54) is 56.0 Å². The molecular formula is C24H34N2O5S. The number of nitrogens with one attached hydrogen (secondary N) is 1. The SMILES string of the molecule is COc1ccc(C(=O)N[C@H](C)C23CC4CC(CC(C4)C2)C3)cc1S(=O)(=O)N1CCOCC1. The molecule has 1 amide bonds. The molecule has 0 unspecified atom stereocenters. The van der Waals surface area contributed by atoms with Crippen molar-refractivity contribution in [2.45, 2.75) is 56.4 Å². The summed E-state index contributed by atoms with van der Waals surface area (Å²) in [6.07, 6.45) is 7.71. The van der Waals surface area contributed by atoms with Gasteiger partial charge in [0.15, 0.2) is 0 Å². The second-order valence-electron chi connectivity index (χ2n) is 10.4. The minimum atomic E-state index is -3.78. The third kappa shape index (κ3) is 3.84. The Labute approximate surface area is 190 Å². The molecule has 1 atom stereocenters. The molecular weight excluding hydrogens is 428 g/mol. The zero-order valence-electron chi connectivity index (χ0n) is 19.0. The molecule has 1 aromatic rings. The van der Waals surface area contributed by atoms with Gasteiger partial charge >= 0.3 is 0 Å². The molecule has 1 aromatic carbocycles. The molecule has 5 fully saturated rings. The molecule has 1 N–H and O–H groups in total. The van der Waals surface area contributed by atoms with E-state index in [0.29, 0.717) is 31.9 Å². The standard InChI is InChI=1S/C24H34N2O5S/c1-16(24-13-17-9-18(14-24)11-19(10-17)15-24)25-23(27)20-3-4-21(30-2)22(12-20)32(28,29)26-5-7-31-8-6-26/h3-4,12,16-19H,5-11,13-15H2,1-2H3,(H,25,27)/t16-,17?,18?,19?,24?/m1/s1. The van der Waals surface area contributed by atoms with E-state index in [1.807, 2.05) is 0 Å². The molecule has 7 nitrogen and oxygen atoms in total. The summed E-state index contributed by atoms with van der Waals surface area (Å²) in [6, 6.07) is 4.77. The van der Waals surface area contributed by atoms with Gasteiger partial charge in [-0.25, -0.2) is 8.42 Å². The number of nitrogens with zero attached hydrogens (tertiary/aromatic N) is 1. The number of ether oxygens (including phenoxy) is 2. The minimum Gasteiger partial charge on any atom is -0.495 e. The van der Waals surface area contributed by atoms with E-state index >= 15 is 0 Å². The molecule has 1 heterocycles. The van der Waals surface area contributed by atoms with Crippen LogP contribution < -0.4 is 10.1 Å². The smallest absolute Gasteiger partial charge is 0.251 e. The molecule has 0 spiro atoms. The Balaban J connectivity index is 1.37. The number of sulfonamides is 1. The van der Waals surface area contributed by atoms with Gasteiger partial charge in [-0.2, -0.15) is 4.31 Å². The molecule has 1 aliphatic heterocycles. The van der Waals surface area contributed by atoms with Crippen LogP contribution in [0.3, 0.4) is 0 Å². The zero-order valence-corrected chi connectivity index (χ0v) is 19.8. The number of amides is 1. The van der Waals surface area contributed by atoms with Crippen molar-refractivity contribution in [3.63, 3.8) is 0 Å². The highest BCUT2D eigenvalue weighted by Crippen LogP contribution is 2.61. The average Bonchev–Trinajstić information content (AvgIpc) is 2.78. The molecule has 8 heteroatoms. The summed E-state index contributed by atoms with van der Waals surface area (Å²) >= 11 is 0. The van der Waals surface area contributed by atoms with Crippen LogP contribution >= 0.6 is 0 Å². The maximum atomic E-state index is 13.3. The number of carbonyl (C=O) groups excluding carboxylic acids is 1. The van der Waals surface area contributed by atoms with Crippen LogP contribution in [-0.2, 0) is 14.8 Å². The van der Waals surface area contributed by atoms with Crippen molar-refractivity contribution in [3.8, 4) is 5.75 Å². The number of methoxy groups -OCH3 is 1. The lowest BCUT2D eigenvalue weighted by Crippen LogP contribution is -2.55. The molecule has 0 radical (unpaired) electrons. The van der Waals surface area contributed by atoms with Gasteiger partial charge < -0.3 is 14.8 Å². The minimum absolute atomic E-state index is 0.0389. The van der Waals surface area contributed by atoms with Gasteiger partial charge in [0, 0.05) is 24.7 Å². The van der Waals surface area contributed by atoms with E-state index in [-0.39, 0.29) is 28.0 Å². The Morgan fingerprint density at radius 1 is 1.12 bits per heavy atom. The van der Waals surface area contributed by atoms with Crippen molar-refractivity contribution in [1.82, 2.24) is 9.62 Å². The summed E-state index contributed by atoms with van der Waals surface area (Å²) in [4.78, 5) is 13.3. The molecule has 1 saturated heterocycles. The highest BCUT2D eigenvalue weighted by molar-refractivity contribution is 7.89. The number of carbonyl (C=O) groups is 1. The summed E-state index contributed by atoms with van der Waals surface area (Å²) < 4.78 is 38.5. The predicted octanol–water partition coefficient (Wildman–Crippen LogP) is 3.05. The molecule has 4 bridgehead atoms. The largest absolute Gasteiger partial charge is 0.495 e. The van der Waals surface area contributed by atoms with Crippen LogP contribution in [0, 0.1) is 23.2 Å². The Morgan fingerprint density at radius 3 is 2.28 bits per heavy atom. The van der Waals surface area contributed by atoms with Crippen molar-refractivity contribution in [3.05, 3.63) is 23.8 Å². The predicted molar refractivity (Wildman–Crippen MR) is 120 cm³/mol. The first-order valence-electron chi connectivity index (χ1n) is 11.9. The Morgan fingerprint density at radius 2 is 1.72 bits per heavy atom. The van der Waals surface area contributed by atoms with Crippen LogP contribution in [0.25, 0.3) is 0 Å². The number of hydrogen-bond donors (Lipinski definition) is 1. The van der Waals surface area contributed by atoms with Gasteiger partial charge in [0.1, 0.15) is 10.6 Å². The number of morpholine rings is 1. The van der Waals surface area contributed by atoms with Gasteiger partial charge in [0.05, 0.1) is 20.3 Å². The molecule has 4 aliphatic carbocycles. The third-order valence-corrected chi connectivity index (χ3v) is 10.3. The summed E-state index contributed by atoms with van der Waals surface area (Å²) in [7, 11) is -2.33. The van der Waals surface area contributed by atoms with Gasteiger partial charge in [-0.05, 0) is 86.8 Å². The van der Waals surface area contributed by atoms with E-state index in [2.05, 4.69) is 12.2 Å².